The van der Waals surface area contributed by atoms with Gasteiger partial charge in [-0.1, -0.05) is 72.6 Å². The fourth-order valence-corrected chi connectivity index (χ4v) is 10.4. The van der Waals surface area contributed by atoms with E-state index in [1.807, 2.05) is 20.8 Å². The summed E-state index contributed by atoms with van der Waals surface area (Å²) in [5.74, 6) is -3.59. The standard InChI is InChI=1S/C51H82N4O12S/c1-30(2)12-9-13-31(3)14-10-15-32(4)16-11-24-51(8)25-23-38-35(7)45(33(5)34(6)46(38)67-51)66-44(59)26-41(48(61)53-27-36-17-19-37(20-18-36)49(62)63)68-29-40(47(60)54-28-43(57)58)55-42(56)22-21-39(52)50(64)65/h30-32,36-37,39-41H,9-29,52H2,1-8H3,(H,53,61)(H,54,60)(H,55,56)(H,57,58)(H,62,63)(H,64,65)/t31?,32?,36?,37?,39-,40-,41?,51?/m0/s1. The highest BCUT2D eigenvalue weighted by molar-refractivity contribution is 8.00. The van der Waals surface area contributed by atoms with E-state index in [1.54, 1.807) is 0 Å². The minimum absolute atomic E-state index is 0.0163. The lowest BCUT2D eigenvalue weighted by molar-refractivity contribution is -0.143. The lowest BCUT2D eigenvalue weighted by atomic mass is 9.82. The van der Waals surface area contributed by atoms with Gasteiger partial charge < -0.3 is 46.5 Å². The van der Waals surface area contributed by atoms with Gasteiger partial charge in [0.1, 0.15) is 35.7 Å². The van der Waals surface area contributed by atoms with Crippen LogP contribution in [0, 0.1) is 50.4 Å². The van der Waals surface area contributed by atoms with Crippen LogP contribution in [0.15, 0.2) is 0 Å². The van der Waals surface area contributed by atoms with Crippen molar-refractivity contribution in [1.82, 2.24) is 16.0 Å². The predicted octanol–water partition coefficient (Wildman–Crippen LogP) is 7.42. The molecule has 3 amide bonds. The SMILES string of the molecule is Cc1c(C)c2c(c(C)c1OC(=O)CC(SC[C@H](NC(=O)CC[C@H](N)C(=O)O)C(=O)NCC(=O)O)C(=O)NCC1CCC(C(=O)O)CC1)CCC(C)(CCCC(C)CCCC(C)CCCC(C)C)O2. The lowest BCUT2D eigenvalue weighted by Gasteiger charge is -2.38. The van der Waals surface area contributed by atoms with E-state index in [2.05, 4.69) is 50.6 Å². The van der Waals surface area contributed by atoms with Crippen LogP contribution in [-0.2, 0) is 40.0 Å². The van der Waals surface area contributed by atoms with Crippen molar-refractivity contribution < 1.29 is 58.4 Å². The van der Waals surface area contributed by atoms with Gasteiger partial charge in [0.05, 0.1) is 17.6 Å². The minimum atomic E-state index is -1.37. The Morgan fingerprint density at radius 3 is 2.01 bits per heavy atom. The highest BCUT2D eigenvalue weighted by Crippen LogP contribution is 2.45. The Hall–Kier alpha value is -4.38. The number of hydrogen-bond donors (Lipinski definition) is 7. The van der Waals surface area contributed by atoms with Crippen molar-refractivity contribution in [3.8, 4) is 11.5 Å². The first-order valence-electron chi connectivity index (χ1n) is 24.9. The first-order chi connectivity index (χ1) is 32.0. The molecule has 0 spiro atoms. The molecule has 3 rings (SSSR count). The van der Waals surface area contributed by atoms with E-state index >= 15 is 0 Å². The third kappa shape index (κ3) is 19.6. The summed E-state index contributed by atoms with van der Waals surface area (Å²) in [7, 11) is 0. The summed E-state index contributed by atoms with van der Waals surface area (Å²) in [6.45, 7) is 16.7. The van der Waals surface area contributed by atoms with Crippen molar-refractivity contribution in [2.75, 3.05) is 18.8 Å². The van der Waals surface area contributed by atoms with Gasteiger partial charge in [0, 0.05) is 24.3 Å². The zero-order valence-corrected chi connectivity index (χ0v) is 42.8. The Bertz CT molecular complexity index is 1880. The van der Waals surface area contributed by atoms with E-state index < -0.39 is 77.8 Å². The second-order valence-corrected chi connectivity index (χ2v) is 21.7. The number of benzene rings is 1. The van der Waals surface area contributed by atoms with E-state index in [4.69, 9.17) is 20.3 Å². The first kappa shape index (κ1) is 57.9. The Labute approximate surface area is 408 Å². The van der Waals surface area contributed by atoms with Crippen molar-refractivity contribution in [2.45, 2.75) is 194 Å². The highest BCUT2D eigenvalue weighted by atomic mass is 32.2. The molecule has 8 N–H and O–H groups in total. The lowest BCUT2D eigenvalue weighted by Crippen LogP contribution is -2.50. The maximum Gasteiger partial charge on any atom is 0.322 e. The molecule has 1 heterocycles. The molecule has 0 saturated heterocycles. The average Bonchev–Trinajstić information content (AvgIpc) is 3.27. The maximum absolute atomic E-state index is 13.9. The summed E-state index contributed by atoms with van der Waals surface area (Å²) in [6.07, 6.45) is 13.6. The normalized spacial score (nSPS) is 20.1. The summed E-state index contributed by atoms with van der Waals surface area (Å²) >= 11 is 0.899. The summed E-state index contributed by atoms with van der Waals surface area (Å²) in [5, 5.41) is 34.2. The van der Waals surface area contributed by atoms with Crippen LogP contribution in [0.3, 0.4) is 0 Å². The van der Waals surface area contributed by atoms with Crippen LogP contribution in [-0.4, -0.2) is 98.7 Å². The molecule has 2 aliphatic rings. The van der Waals surface area contributed by atoms with Crippen LogP contribution >= 0.6 is 11.8 Å². The summed E-state index contributed by atoms with van der Waals surface area (Å²) < 4.78 is 12.9. The molecule has 384 valence electrons. The van der Waals surface area contributed by atoms with Crippen LogP contribution < -0.4 is 31.2 Å². The number of nitrogens with two attached hydrogens (primary N) is 1. The number of hydrogen-bond acceptors (Lipinski definition) is 11. The third-order valence-corrected chi connectivity index (χ3v) is 15.3. The number of aliphatic carboxylic acids is 3. The van der Waals surface area contributed by atoms with E-state index in [1.165, 1.54) is 38.5 Å². The fraction of sp³-hybridized carbons (Fsp3) is 0.745. The van der Waals surface area contributed by atoms with Gasteiger partial charge in [0.15, 0.2) is 0 Å². The number of thioether (sulfide) groups is 1. The fourth-order valence-electron chi connectivity index (χ4n) is 9.28. The molecular formula is C51H82N4O12S. The van der Waals surface area contributed by atoms with Gasteiger partial charge in [0.2, 0.25) is 17.7 Å². The Morgan fingerprint density at radius 1 is 0.809 bits per heavy atom. The number of fused-ring (bicyclic) bond motifs is 1. The predicted molar refractivity (Wildman–Crippen MR) is 263 cm³/mol. The molecule has 1 saturated carbocycles. The Balaban J connectivity index is 1.72. The van der Waals surface area contributed by atoms with Gasteiger partial charge in [-0.25, -0.2) is 0 Å². The van der Waals surface area contributed by atoms with Gasteiger partial charge in [-0.2, -0.15) is 0 Å². The summed E-state index contributed by atoms with van der Waals surface area (Å²) in [6, 6.07) is -2.69. The number of carbonyl (C=O) groups is 7. The molecular weight excluding hydrogens is 893 g/mol. The number of carbonyl (C=O) groups excluding carboxylic acids is 4. The molecule has 0 bridgehead atoms. The first-order valence-corrected chi connectivity index (χ1v) is 26.0. The molecule has 1 aromatic carbocycles. The van der Waals surface area contributed by atoms with Crippen molar-refractivity contribution in [3.63, 3.8) is 0 Å². The third-order valence-electron chi connectivity index (χ3n) is 14.0. The molecule has 0 radical (unpaired) electrons. The van der Waals surface area contributed by atoms with Crippen LogP contribution in [0.5, 0.6) is 11.5 Å². The molecule has 6 atom stereocenters. The number of nitrogens with one attached hydrogen (secondary N) is 3. The number of carboxylic acids is 3. The quantitative estimate of drug-likeness (QED) is 0.0293. The maximum atomic E-state index is 13.9. The van der Waals surface area contributed by atoms with Crippen molar-refractivity contribution in [3.05, 3.63) is 22.3 Å². The number of rotatable bonds is 30. The van der Waals surface area contributed by atoms with E-state index in [0.29, 0.717) is 37.4 Å². The zero-order chi connectivity index (χ0) is 50.7. The van der Waals surface area contributed by atoms with Gasteiger partial charge in [-0.3, -0.25) is 33.6 Å². The largest absolute Gasteiger partial charge is 0.487 e. The minimum Gasteiger partial charge on any atom is -0.487 e. The zero-order valence-electron chi connectivity index (χ0n) is 42.0. The number of amides is 3. The van der Waals surface area contributed by atoms with Crippen molar-refractivity contribution >= 4 is 53.4 Å². The van der Waals surface area contributed by atoms with E-state index in [9.17, 15) is 43.8 Å². The second-order valence-electron chi connectivity index (χ2n) is 20.4. The summed E-state index contributed by atoms with van der Waals surface area (Å²) in [5.41, 5.74) is 8.56. The number of ether oxygens (including phenoxy) is 2. The highest BCUT2D eigenvalue weighted by Gasteiger charge is 2.36. The van der Waals surface area contributed by atoms with Gasteiger partial charge in [-0.05, 0) is 126 Å². The van der Waals surface area contributed by atoms with Gasteiger partial charge >= 0.3 is 23.9 Å². The molecule has 1 fully saturated rings. The van der Waals surface area contributed by atoms with Crippen LogP contribution in [0.4, 0.5) is 0 Å². The van der Waals surface area contributed by atoms with Crippen LogP contribution in [0.25, 0.3) is 0 Å². The van der Waals surface area contributed by atoms with Crippen molar-refractivity contribution in [2.24, 2.45) is 35.3 Å². The van der Waals surface area contributed by atoms with E-state index in [-0.39, 0.29) is 36.7 Å². The molecule has 4 unspecified atom stereocenters. The van der Waals surface area contributed by atoms with Gasteiger partial charge in [-0.15, -0.1) is 11.8 Å². The van der Waals surface area contributed by atoms with E-state index in [0.717, 1.165) is 83.7 Å². The average molecular weight is 975 g/mol. The molecule has 16 nitrogen and oxygen atoms in total. The number of carboxylic acid groups (broad SMARTS) is 3. The van der Waals surface area contributed by atoms with Crippen LogP contribution in [0.2, 0.25) is 0 Å². The van der Waals surface area contributed by atoms with Crippen molar-refractivity contribution in [1.29, 1.82) is 0 Å². The molecule has 1 aliphatic heterocycles. The molecule has 1 aromatic rings. The smallest absolute Gasteiger partial charge is 0.322 e. The Kier molecular flexibility index (Phi) is 24.1. The molecule has 68 heavy (non-hydrogen) atoms. The molecule has 17 heteroatoms. The topological polar surface area (TPSA) is 261 Å². The second kappa shape index (κ2) is 28.3. The monoisotopic (exact) mass is 975 g/mol. The molecule has 0 aromatic heterocycles. The Morgan fingerprint density at radius 2 is 1.43 bits per heavy atom. The molecule has 1 aliphatic carbocycles. The number of esters is 1. The van der Waals surface area contributed by atoms with Gasteiger partial charge in [0.25, 0.3) is 0 Å². The van der Waals surface area contributed by atoms with Crippen LogP contribution in [0.1, 0.15) is 166 Å². The summed E-state index contributed by atoms with van der Waals surface area (Å²) in [4.78, 5) is 87.8.